The van der Waals surface area contributed by atoms with Crippen LogP contribution < -0.4 is 10.5 Å². The van der Waals surface area contributed by atoms with E-state index in [1.54, 1.807) is 0 Å². The summed E-state index contributed by atoms with van der Waals surface area (Å²) in [6.07, 6.45) is 0. The number of aryl methyl sites for hydroxylation is 2. The molecule has 2 nitrogen and oxygen atoms in total. The number of hydrogen-bond acceptors (Lipinski definition) is 2. The number of thiocarbonyl (C=S) groups is 1. The van der Waals surface area contributed by atoms with E-state index in [4.69, 9.17) is 22.7 Å². The Morgan fingerprint density at radius 1 is 1.14 bits per heavy atom. The highest BCUT2D eigenvalue weighted by Gasteiger charge is 2.10. The SMILES string of the molecule is Cc1cc(C(N)=S)cc(C)c1OCc1cc(F)ccc1F. The van der Waals surface area contributed by atoms with E-state index in [0.29, 0.717) is 10.7 Å². The Hall–Kier alpha value is -2.01. The monoisotopic (exact) mass is 307 g/mol. The van der Waals surface area contributed by atoms with Gasteiger partial charge in [0, 0.05) is 11.1 Å². The van der Waals surface area contributed by atoms with Gasteiger partial charge in [-0.2, -0.15) is 0 Å². The Morgan fingerprint density at radius 2 is 1.76 bits per heavy atom. The summed E-state index contributed by atoms with van der Waals surface area (Å²) in [7, 11) is 0. The van der Waals surface area contributed by atoms with Crippen LogP contribution >= 0.6 is 12.2 Å². The average molecular weight is 307 g/mol. The Labute approximate surface area is 127 Å². The zero-order valence-corrected chi connectivity index (χ0v) is 12.6. The third-order valence-corrected chi connectivity index (χ3v) is 3.36. The van der Waals surface area contributed by atoms with Crippen molar-refractivity contribution in [3.8, 4) is 5.75 Å². The van der Waals surface area contributed by atoms with E-state index in [0.717, 1.165) is 34.9 Å². The molecule has 0 saturated carbocycles. The molecule has 0 fully saturated rings. The van der Waals surface area contributed by atoms with Crippen molar-refractivity contribution >= 4 is 17.2 Å². The van der Waals surface area contributed by atoms with E-state index in [2.05, 4.69) is 0 Å². The third kappa shape index (κ3) is 3.55. The van der Waals surface area contributed by atoms with Crippen molar-refractivity contribution in [3.63, 3.8) is 0 Å². The zero-order chi connectivity index (χ0) is 15.6. The predicted octanol–water partition coefficient (Wildman–Crippen LogP) is 3.79. The van der Waals surface area contributed by atoms with Crippen LogP contribution in [0, 0.1) is 25.5 Å². The zero-order valence-electron chi connectivity index (χ0n) is 11.7. The van der Waals surface area contributed by atoms with Crippen molar-refractivity contribution in [2.24, 2.45) is 5.73 Å². The van der Waals surface area contributed by atoms with Crippen molar-refractivity contribution in [1.82, 2.24) is 0 Å². The summed E-state index contributed by atoms with van der Waals surface area (Å²) in [5.41, 5.74) is 8.21. The van der Waals surface area contributed by atoms with Crippen LogP contribution in [0.4, 0.5) is 8.78 Å². The van der Waals surface area contributed by atoms with E-state index >= 15 is 0 Å². The van der Waals surface area contributed by atoms with E-state index in [-0.39, 0.29) is 12.2 Å². The second kappa shape index (κ2) is 6.18. The van der Waals surface area contributed by atoms with Gasteiger partial charge in [0.2, 0.25) is 0 Å². The first-order valence-electron chi connectivity index (χ1n) is 6.36. The summed E-state index contributed by atoms with van der Waals surface area (Å²) in [4.78, 5) is 0.309. The summed E-state index contributed by atoms with van der Waals surface area (Å²) in [5, 5.41) is 0. The first-order chi connectivity index (χ1) is 9.88. The molecule has 2 rings (SSSR count). The molecule has 0 heterocycles. The summed E-state index contributed by atoms with van der Waals surface area (Å²) >= 11 is 4.94. The maximum Gasteiger partial charge on any atom is 0.130 e. The summed E-state index contributed by atoms with van der Waals surface area (Å²) < 4.78 is 32.3. The van der Waals surface area contributed by atoms with Gasteiger partial charge in [-0.25, -0.2) is 8.78 Å². The third-order valence-electron chi connectivity index (χ3n) is 3.12. The first-order valence-corrected chi connectivity index (χ1v) is 6.77. The fraction of sp³-hybridized carbons (Fsp3) is 0.188. The molecule has 0 atom stereocenters. The van der Waals surface area contributed by atoms with E-state index in [9.17, 15) is 8.78 Å². The minimum atomic E-state index is -0.494. The highest BCUT2D eigenvalue weighted by atomic mass is 32.1. The van der Waals surface area contributed by atoms with Gasteiger partial charge >= 0.3 is 0 Å². The van der Waals surface area contributed by atoms with E-state index < -0.39 is 11.6 Å². The maximum atomic E-state index is 13.6. The molecule has 0 bridgehead atoms. The van der Waals surface area contributed by atoms with Crippen molar-refractivity contribution in [2.75, 3.05) is 0 Å². The molecule has 2 N–H and O–H groups in total. The van der Waals surface area contributed by atoms with E-state index in [1.165, 1.54) is 0 Å². The van der Waals surface area contributed by atoms with Gasteiger partial charge in [0.1, 0.15) is 29.0 Å². The number of nitrogens with two attached hydrogens (primary N) is 1. The van der Waals surface area contributed by atoms with Crippen LogP contribution in [0.5, 0.6) is 5.75 Å². The average Bonchev–Trinajstić information content (AvgIpc) is 2.41. The number of ether oxygens (including phenoxy) is 1. The van der Waals surface area contributed by atoms with Gasteiger partial charge in [0.25, 0.3) is 0 Å². The van der Waals surface area contributed by atoms with Crippen LogP contribution in [0.15, 0.2) is 30.3 Å². The largest absolute Gasteiger partial charge is 0.488 e. The fourth-order valence-electron chi connectivity index (χ4n) is 2.12. The molecule has 2 aromatic carbocycles. The summed E-state index contributed by atoms with van der Waals surface area (Å²) in [6.45, 7) is 3.66. The van der Waals surface area contributed by atoms with Gasteiger partial charge in [-0.3, -0.25) is 0 Å². The van der Waals surface area contributed by atoms with Crippen LogP contribution in [0.1, 0.15) is 22.3 Å². The van der Waals surface area contributed by atoms with Crippen molar-refractivity contribution < 1.29 is 13.5 Å². The topological polar surface area (TPSA) is 35.2 Å². The molecular formula is C16H15F2NOS. The van der Waals surface area contributed by atoms with E-state index in [1.807, 2.05) is 26.0 Å². The Morgan fingerprint density at radius 3 is 2.33 bits per heavy atom. The van der Waals surface area contributed by atoms with Crippen LogP contribution in [-0.4, -0.2) is 4.99 Å². The fourth-order valence-corrected chi connectivity index (χ4v) is 2.24. The smallest absolute Gasteiger partial charge is 0.130 e. The lowest BCUT2D eigenvalue weighted by molar-refractivity contribution is 0.295. The molecule has 0 amide bonds. The van der Waals surface area contributed by atoms with Crippen molar-refractivity contribution in [3.05, 3.63) is 64.2 Å². The molecule has 5 heteroatoms. The van der Waals surface area contributed by atoms with Gasteiger partial charge in [-0.15, -0.1) is 0 Å². The van der Waals surface area contributed by atoms with Gasteiger partial charge in [-0.1, -0.05) is 12.2 Å². The molecule has 0 aliphatic carbocycles. The number of benzene rings is 2. The lowest BCUT2D eigenvalue weighted by atomic mass is 10.1. The lowest BCUT2D eigenvalue weighted by Crippen LogP contribution is -2.10. The molecule has 0 aliphatic heterocycles. The Balaban J connectivity index is 2.24. The minimum Gasteiger partial charge on any atom is -0.488 e. The van der Waals surface area contributed by atoms with Gasteiger partial charge in [-0.05, 0) is 55.3 Å². The van der Waals surface area contributed by atoms with Crippen molar-refractivity contribution in [1.29, 1.82) is 0 Å². The molecule has 0 unspecified atom stereocenters. The molecule has 0 spiro atoms. The van der Waals surface area contributed by atoms with Crippen LogP contribution in [0.25, 0.3) is 0 Å². The molecular weight excluding hydrogens is 292 g/mol. The second-order valence-corrected chi connectivity index (χ2v) is 5.27. The highest BCUT2D eigenvalue weighted by Crippen LogP contribution is 2.26. The minimum absolute atomic E-state index is 0.0440. The van der Waals surface area contributed by atoms with Gasteiger partial charge < -0.3 is 10.5 Å². The molecule has 0 radical (unpaired) electrons. The summed E-state index contributed by atoms with van der Waals surface area (Å²) in [6, 6.07) is 6.92. The molecule has 2 aromatic rings. The highest BCUT2D eigenvalue weighted by molar-refractivity contribution is 7.80. The first kappa shape index (κ1) is 15.4. The predicted molar refractivity (Wildman–Crippen MR) is 82.5 cm³/mol. The van der Waals surface area contributed by atoms with Crippen LogP contribution in [0.2, 0.25) is 0 Å². The molecule has 0 aromatic heterocycles. The van der Waals surface area contributed by atoms with Crippen LogP contribution in [-0.2, 0) is 6.61 Å². The standard InChI is InChI=1S/C16H15F2NOS/c1-9-5-11(16(19)21)6-10(2)15(9)20-8-12-7-13(17)3-4-14(12)18/h3-7H,8H2,1-2H3,(H2,19,21). The molecule has 21 heavy (non-hydrogen) atoms. The van der Waals surface area contributed by atoms with Gasteiger partial charge in [0.15, 0.2) is 0 Å². The Bertz CT molecular complexity index is 678. The van der Waals surface area contributed by atoms with Gasteiger partial charge in [0.05, 0.1) is 0 Å². The summed E-state index contributed by atoms with van der Waals surface area (Å²) in [5.74, 6) is -0.364. The quantitative estimate of drug-likeness (QED) is 0.873. The number of halogens is 2. The lowest BCUT2D eigenvalue weighted by Gasteiger charge is -2.14. The number of hydrogen-bond donors (Lipinski definition) is 1. The van der Waals surface area contributed by atoms with Crippen molar-refractivity contribution in [2.45, 2.75) is 20.5 Å². The molecule has 0 aliphatic rings. The normalized spacial score (nSPS) is 10.5. The molecule has 0 saturated heterocycles. The Kier molecular flexibility index (Phi) is 4.53. The molecule has 110 valence electrons. The van der Waals surface area contributed by atoms with Crippen LogP contribution in [0.3, 0.4) is 0 Å². The second-order valence-electron chi connectivity index (χ2n) is 4.83. The maximum absolute atomic E-state index is 13.6. The number of rotatable bonds is 4.